The molecule has 0 aliphatic heterocycles. The predicted octanol–water partition coefficient (Wildman–Crippen LogP) is 4.58. The zero-order valence-electron chi connectivity index (χ0n) is 12.5. The van der Waals surface area contributed by atoms with Crippen LogP contribution in [0.1, 0.15) is 89.9 Å². The van der Waals surface area contributed by atoms with Gasteiger partial charge in [0.15, 0.2) is 0 Å². The average molecular weight is 265 g/mol. The van der Waals surface area contributed by atoms with Crippen molar-refractivity contribution in [1.29, 1.82) is 0 Å². The van der Waals surface area contributed by atoms with Gasteiger partial charge in [-0.2, -0.15) is 0 Å². The summed E-state index contributed by atoms with van der Waals surface area (Å²) in [5, 5.41) is 3.37. The molecule has 2 saturated carbocycles. The van der Waals surface area contributed by atoms with Crippen LogP contribution in [0.3, 0.4) is 0 Å². The molecule has 1 amide bonds. The van der Waals surface area contributed by atoms with Gasteiger partial charge in [0, 0.05) is 12.0 Å². The van der Waals surface area contributed by atoms with Crippen molar-refractivity contribution >= 4 is 5.91 Å². The van der Waals surface area contributed by atoms with E-state index in [4.69, 9.17) is 0 Å². The van der Waals surface area contributed by atoms with Gasteiger partial charge in [-0.25, -0.2) is 0 Å². The summed E-state index contributed by atoms with van der Waals surface area (Å²) in [6.45, 7) is 0. The van der Waals surface area contributed by atoms with Crippen LogP contribution in [0.4, 0.5) is 0 Å². The van der Waals surface area contributed by atoms with Crippen LogP contribution in [0.5, 0.6) is 0 Å². The van der Waals surface area contributed by atoms with Crippen molar-refractivity contribution < 1.29 is 4.79 Å². The maximum Gasteiger partial charge on any atom is 0.223 e. The zero-order chi connectivity index (χ0) is 13.3. The highest BCUT2D eigenvalue weighted by atomic mass is 16.1. The number of carbonyl (C=O) groups excluding carboxylic acids is 1. The minimum atomic E-state index is 0.311. The van der Waals surface area contributed by atoms with Gasteiger partial charge in [-0.1, -0.05) is 64.2 Å². The van der Waals surface area contributed by atoms with Crippen molar-refractivity contribution in [3.63, 3.8) is 0 Å². The minimum absolute atomic E-state index is 0.311. The third-order valence-electron chi connectivity index (χ3n) is 4.93. The van der Waals surface area contributed by atoms with E-state index in [-0.39, 0.29) is 0 Å². The van der Waals surface area contributed by atoms with E-state index in [1.54, 1.807) is 0 Å². The molecule has 0 bridgehead atoms. The number of rotatable bonds is 2. The Hall–Kier alpha value is -0.530. The van der Waals surface area contributed by atoms with Gasteiger partial charge in [-0.15, -0.1) is 0 Å². The van der Waals surface area contributed by atoms with E-state index < -0.39 is 0 Å². The molecular formula is C17H31NO. The molecule has 110 valence electrons. The van der Waals surface area contributed by atoms with Gasteiger partial charge in [0.05, 0.1) is 0 Å². The standard InChI is InChI=1S/C17H31NO/c19-17(15-11-7-3-1-4-8-12-15)18-16-13-9-5-2-6-10-14-16/h15-16H,1-14H2,(H,18,19). The number of hydrogen-bond acceptors (Lipinski definition) is 1. The van der Waals surface area contributed by atoms with E-state index in [1.807, 2.05) is 0 Å². The first-order valence-corrected chi connectivity index (χ1v) is 8.66. The van der Waals surface area contributed by atoms with Crippen LogP contribution >= 0.6 is 0 Å². The molecule has 2 fully saturated rings. The molecule has 2 heteroatoms. The van der Waals surface area contributed by atoms with E-state index in [0.29, 0.717) is 17.9 Å². The summed E-state index contributed by atoms with van der Waals surface area (Å²) in [7, 11) is 0. The molecule has 0 aromatic heterocycles. The van der Waals surface area contributed by atoms with Gasteiger partial charge in [0.25, 0.3) is 0 Å². The lowest BCUT2D eigenvalue weighted by molar-refractivity contribution is -0.126. The molecule has 0 unspecified atom stereocenters. The topological polar surface area (TPSA) is 29.1 Å². The summed E-state index contributed by atoms with van der Waals surface area (Å²) in [4.78, 5) is 12.4. The van der Waals surface area contributed by atoms with Crippen molar-refractivity contribution in [3.8, 4) is 0 Å². The average Bonchev–Trinajstić information content (AvgIpc) is 2.31. The maximum atomic E-state index is 12.4. The van der Waals surface area contributed by atoms with E-state index in [9.17, 15) is 4.79 Å². The molecule has 19 heavy (non-hydrogen) atoms. The van der Waals surface area contributed by atoms with Gasteiger partial charge >= 0.3 is 0 Å². The first kappa shape index (κ1) is 14.9. The van der Waals surface area contributed by atoms with Crippen LogP contribution in [0, 0.1) is 5.92 Å². The molecule has 0 radical (unpaired) electrons. The Bertz CT molecular complexity index is 248. The number of hydrogen-bond donors (Lipinski definition) is 1. The van der Waals surface area contributed by atoms with Gasteiger partial charge in [-0.3, -0.25) is 4.79 Å². The normalized spacial score (nSPS) is 24.8. The lowest BCUT2D eigenvalue weighted by Gasteiger charge is -2.25. The number of carbonyl (C=O) groups is 1. The first-order valence-electron chi connectivity index (χ1n) is 8.66. The Morgan fingerprint density at radius 1 is 0.632 bits per heavy atom. The quantitative estimate of drug-likeness (QED) is 0.778. The number of nitrogens with one attached hydrogen (secondary N) is 1. The second-order valence-corrected chi connectivity index (χ2v) is 6.59. The zero-order valence-corrected chi connectivity index (χ0v) is 12.5. The molecular weight excluding hydrogens is 234 g/mol. The fourth-order valence-electron chi connectivity index (χ4n) is 3.64. The Labute approximate surface area is 118 Å². The third-order valence-corrected chi connectivity index (χ3v) is 4.93. The monoisotopic (exact) mass is 265 g/mol. The third kappa shape index (κ3) is 5.54. The van der Waals surface area contributed by atoms with Crippen LogP contribution in [0.15, 0.2) is 0 Å². The van der Waals surface area contributed by atoms with Crippen LogP contribution in [-0.2, 0) is 4.79 Å². The Morgan fingerprint density at radius 3 is 1.58 bits per heavy atom. The second-order valence-electron chi connectivity index (χ2n) is 6.59. The molecule has 2 aliphatic carbocycles. The molecule has 0 aromatic carbocycles. The van der Waals surface area contributed by atoms with E-state index >= 15 is 0 Å². The minimum Gasteiger partial charge on any atom is -0.353 e. The summed E-state index contributed by atoms with van der Waals surface area (Å²) in [6, 6.07) is 0.471. The van der Waals surface area contributed by atoms with Gasteiger partial charge in [0.1, 0.15) is 0 Å². The van der Waals surface area contributed by atoms with E-state index in [0.717, 1.165) is 12.8 Å². The molecule has 2 rings (SSSR count). The molecule has 2 aliphatic rings. The van der Waals surface area contributed by atoms with Crippen molar-refractivity contribution in [1.82, 2.24) is 5.32 Å². The molecule has 0 saturated heterocycles. The number of amides is 1. The molecule has 0 atom stereocenters. The van der Waals surface area contributed by atoms with E-state index in [1.165, 1.54) is 77.0 Å². The highest BCUT2D eigenvalue weighted by Crippen LogP contribution is 2.23. The summed E-state index contributed by atoms with van der Waals surface area (Å²) in [5.41, 5.74) is 0. The van der Waals surface area contributed by atoms with Crippen molar-refractivity contribution in [3.05, 3.63) is 0 Å². The van der Waals surface area contributed by atoms with Crippen molar-refractivity contribution in [2.45, 2.75) is 95.9 Å². The van der Waals surface area contributed by atoms with Crippen LogP contribution in [0.25, 0.3) is 0 Å². The fourth-order valence-corrected chi connectivity index (χ4v) is 3.64. The smallest absolute Gasteiger partial charge is 0.223 e. The van der Waals surface area contributed by atoms with Crippen LogP contribution < -0.4 is 5.32 Å². The van der Waals surface area contributed by atoms with Crippen molar-refractivity contribution in [2.24, 2.45) is 5.92 Å². The molecule has 0 aromatic rings. The Morgan fingerprint density at radius 2 is 1.05 bits per heavy atom. The van der Waals surface area contributed by atoms with Crippen LogP contribution in [0.2, 0.25) is 0 Å². The Balaban J connectivity index is 1.77. The van der Waals surface area contributed by atoms with Gasteiger partial charge < -0.3 is 5.32 Å². The molecule has 2 nitrogen and oxygen atoms in total. The van der Waals surface area contributed by atoms with Crippen molar-refractivity contribution in [2.75, 3.05) is 0 Å². The SMILES string of the molecule is O=C(NC1CCCCCCC1)C1CCCCCCC1. The molecule has 1 N–H and O–H groups in total. The lowest BCUT2D eigenvalue weighted by Crippen LogP contribution is -2.39. The van der Waals surface area contributed by atoms with Gasteiger partial charge in [0.2, 0.25) is 5.91 Å². The fraction of sp³-hybridized carbons (Fsp3) is 0.941. The largest absolute Gasteiger partial charge is 0.353 e. The lowest BCUT2D eigenvalue weighted by atomic mass is 9.89. The van der Waals surface area contributed by atoms with Gasteiger partial charge in [-0.05, 0) is 25.7 Å². The molecule has 0 heterocycles. The van der Waals surface area contributed by atoms with E-state index in [2.05, 4.69) is 5.32 Å². The highest BCUT2D eigenvalue weighted by molar-refractivity contribution is 5.78. The highest BCUT2D eigenvalue weighted by Gasteiger charge is 2.22. The summed E-state index contributed by atoms with van der Waals surface area (Å²) in [6.07, 6.45) is 17.9. The molecule has 0 spiro atoms. The first-order chi connectivity index (χ1) is 9.36. The maximum absolute atomic E-state index is 12.4. The Kier molecular flexibility index (Phi) is 6.73. The summed E-state index contributed by atoms with van der Waals surface area (Å²) >= 11 is 0. The summed E-state index contributed by atoms with van der Waals surface area (Å²) < 4.78 is 0. The van der Waals surface area contributed by atoms with Crippen LogP contribution in [-0.4, -0.2) is 11.9 Å². The second kappa shape index (κ2) is 8.60. The predicted molar refractivity (Wildman–Crippen MR) is 80.1 cm³/mol. The summed E-state index contributed by atoms with van der Waals surface area (Å²) in [5.74, 6) is 0.679.